The Morgan fingerprint density at radius 3 is 1.93 bits per heavy atom. The van der Waals surface area contributed by atoms with E-state index in [4.69, 9.17) is 0 Å². The highest BCUT2D eigenvalue weighted by molar-refractivity contribution is 5.75. The van der Waals surface area contributed by atoms with Crippen LogP contribution in [0.3, 0.4) is 0 Å². The van der Waals surface area contributed by atoms with Crippen LogP contribution in [0.25, 0.3) is 0 Å². The zero-order valence-corrected chi connectivity index (χ0v) is 16.4. The lowest BCUT2D eigenvalue weighted by molar-refractivity contribution is -0.392. The van der Waals surface area contributed by atoms with E-state index in [1.165, 1.54) is 0 Å². The minimum absolute atomic E-state index is 0.285. The summed E-state index contributed by atoms with van der Waals surface area (Å²) >= 11 is 0. The van der Waals surface area contributed by atoms with E-state index in [9.17, 15) is 33.4 Å². The first kappa shape index (κ1) is 22.1. The highest BCUT2D eigenvalue weighted by Crippen LogP contribution is 2.42. The number of nitro groups is 2. The summed E-state index contributed by atoms with van der Waals surface area (Å²) in [6.07, 6.45) is -3.28. The molecule has 0 fully saturated rings. The highest BCUT2D eigenvalue weighted by Gasteiger charge is 2.38. The van der Waals surface area contributed by atoms with Crippen molar-refractivity contribution in [2.45, 2.75) is 52.4 Å². The number of anilines is 1. The van der Waals surface area contributed by atoms with Gasteiger partial charge in [0, 0.05) is 23.9 Å². The molecular formula is C17H20F3N5O4. The number of nitrogens with zero attached hydrogens (tertiary/aromatic N) is 4. The Kier molecular flexibility index (Phi) is 5.59. The molecule has 2 aromatic rings. The molecule has 0 aliphatic rings. The third kappa shape index (κ3) is 4.63. The molecule has 2 rings (SSSR count). The van der Waals surface area contributed by atoms with Crippen molar-refractivity contribution in [3.05, 3.63) is 55.4 Å². The minimum Gasteiger partial charge on any atom is -0.367 e. The fourth-order valence-corrected chi connectivity index (χ4v) is 2.75. The maximum absolute atomic E-state index is 13.0. The number of benzene rings is 1. The van der Waals surface area contributed by atoms with Crippen LogP contribution in [0.1, 0.15) is 50.6 Å². The maximum Gasteiger partial charge on any atom is 0.416 e. The second-order valence-corrected chi connectivity index (χ2v) is 7.55. The fraction of sp³-hybridized carbons (Fsp3) is 0.471. The lowest BCUT2D eigenvalue weighted by atomic mass is 10.1. The van der Waals surface area contributed by atoms with Gasteiger partial charge in [-0.25, -0.2) is 0 Å². The zero-order chi connectivity index (χ0) is 22.3. The van der Waals surface area contributed by atoms with Crippen LogP contribution in [-0.4, -0.2) is 19.6 Å². The second-order valence-electron chi connectivity index (χ2n) is 7.55. The third-order valence-corrected chi connectivity index (χ3v) is 4.27. The van der Waals surface area contributed by atoms with E-state index in [1.54, 1.807) is 24.7 Å². The largest absolute Gasteiger partial charge is 0.416 e. The molecule has 0 saturated carbocycles. The number of rotatable bonds is 5. The number of aryl methyl sites for hydroxylation is 1. The molecule has 1 aromatic heterocycles. The highest BCUT2D eigenvalue weighted by atomic mass is 19.4. The van der Waals surface area contributed by atoms with Crippen molar-refractivity contribution in [1.82, 2.24) is 9.78 Å². The van der Waals surface area contributed by atoms with Gasteiger partial charge in [0.25, 0.3) is 11.4 Å². The number of hydrogen-bond donors (Lipinski definition) is 1. The SMILES string of the molecule is Cc1nn(C(C)(C)C)cc1C(C)Nc1c([N+](=O)[O-])cc(C(F)(F)F)cc1[N+](=O)[O-]. The molecule has 1 heterocycles. The van der Waals surface area contributed by atoms with Gasteiger partial charge in [-0.05, 0) is 34.6 Å². The van der Waals surface area contributed by atoms with E-state index in [2.05, 4.69) is 10.4 Å². The molecule has 0 radical (unpaired) electrons. The molecule has 1 aromatic carbocycles. The van der Waals surface area contributed by atoms with E-state index in [-0.39, 0.29) is 17.7 Å². The predicted octanol–water partition coefficient (Wildman–Crippen LogP) is 4.95. The average molecular weight is 415 g/mol. The third-order valence-electron chi connectivity index (χ3n) is 4.27. The molecule has 0 spiro atoms. The molecule has 9 nitrogen and oxygen atoms in total. The molecule has 158 valence electrons. The van der Waals surface area contributed by atoms with Gasteiger partial charge in [-0.2, -0.15) is 18.3 Å². The Hall–Kier alpha value is -3.18. The summed E-state index contributed by atoms with van der Waals surface area (Å²) in [4.78, 5) is 20.5. The molecule has 0 aliphatic heterocycles. The molecule has 1 atom stereocenters. The Morgan fingerprint density at radius 1 is 1.10 bits per heavy atom. The van der Waals surface area contributed by atoms with E-state index in [0.29, 0.717) is 11.3 Å². The Morgan fingerprint density at radius 2 is 1.59 bits per heavy atom. The lowest BCUT2D eigenvalue weighted by Gasteiger charge is -2.19. The molecule has 29 heavy (non-hydrogen) atoms. The van der Waals surface area contributed by atoms with E-state index in [0.717, 1.165) is 0 Å². The molecule has 1 unspecified atom stereocenters. The summed E-state index contributed by atoms with van der Waals surface area (Å²) < 4.78 is 40.7. The number of hydrogen-bond acceptors (Lipinski definition) is 6. The van der Waals surface area contributed by atoms with Crippen LogP contribution < -0.4 is 5.32 Å². The van der Waals surface area contributed by atoms with Crippen molar-refractivity contribution >= 4 is 17.1 Å². The van der Waals surface area contributed by atoms with Gasteiger partial charge in [0.1, 0.15) is 0 Å². The van der Waals surface area contributed by atoms with Crippen molar-refractivity contribution in [3.8, 4) is 0 Å². The Labute approximate surface area is 163 Å². The van der Waals surface area contributed by atoms with Gasteiger partial charge in [-0.15, -0.1) is 0 Å². The van der Waals surface area contributed by atoms with Gasteiger partial charge in [-0.3, -0.25) is 24.9 Å². The zero-order valence-electron chi connectivity index (χ0n) is 16.4. The van der Waals surface area contributed by atoms with Crippen LogP contribution in [0.15, 0.2) is 18.3 Å². The van der Waals surface area contributed by atoms with Crippen LogP contribution in [0.4, 0.5) is 30.2 Å². The number of aromatic nitrogens is 2. The van der Waals surface area contributed by atoms with Crippen molar-refractivity contribution in [2.24, 2.45) is 0 Å². The second kappa shape index (κ2) is 7.33. The van der Waals surface area contributed by atoms with Crippen molar-refractivity contribution in [3.63, 3.8) is 0 Å². The number of nitrogens with one attached hydrogen (secondary N) is 1. The maximum atomic E-state index is 13.0. The first-order valence-corrected chi connectivity index (χ1v) is 8.50. The van der Waals surface area contributed by atoms with Gasteiger partial charge in [0.05, 0.1) is 32.7 Å². The monoisotopic (exact) mass is 415 g/mol. The van der Waals surface area contributed by atoms with Crippen LogP contribution in [0, 0.1) is 27.2 Å². The van der Waals surface area contributed by atoms with E-state index in [1.807, 2.05) is 20.8 Å². The molecule has 0 aliphatic carbocycles. The topological polar surface area (TPSA) is 116 Å². The molecule has 0 amide bonds. The van der Waals surface area contributed by atoms with Gasteiger partial charge in [0.2, 0.25) is 0 Å². The quantitative estimate of drug-likeness (QED) is 0.545. The van der Waals surface area contributed by atoms with Crippen LogP contribution in [0.5, 0.6) is 0 Å². The Bertz CT molecular complexity index is 928. The normalized spacial score (nSPS) is 13.2. The van der Waals surface area contributed by atoms with Crippen LogP contribution >= 0.6 is 0 Å². The summed E-state index contributed by atoms with van der Waals surface area (Å²) in [6.45, 7) is 9.01. The molecule has 1 N–H and O–H groups in total. The van der Waals surface area contributed by atoms with Gasteiger partial charge in [-0.1, -0.05) is 0 Å². The summed E-state index contributed by atoms with van der Waals surface area (Å²) in [5.74, 6) is 0. The standard InChI is InChI=1S/C17H20F3N5O4/c1-9(12-8-23(16(3,4)5)22-10(12)2)21-15-13(24(26)27)6-11(17(18,19)20)7-14(15)25(28)29/h6-9,21H,1-5H3. The van der Waals surface area contributed by atoms with E-state index >= 15 is 0 Å². The van der Waals surface area contributed by atoms with Gasteiger partial charge in [0.15, 0.2) is 5.69 Å². The summed E-state index contributed by atoms with van der Waals surface area (Å²) in [6, 6.07) is -0.124. The molecule has 0 bridgehead atoms. The summed E-state index contributed by atoms with van der Waals surface area (Å²) in [5.41, 5.74) is -3.29. The summed E-state index contributed by atoms with van der Waals surface area (Å²) in [7, 11) is 0. The number of halogens is 3. The van der Waals surface area contributed by atoms with Crippen molar-refractivity contribution < 1.29 is 23.0 Å². The average Bonchev–Trinajstić information content (AvgIpc) is 2.95. The molecule has 12 heteroatoms. The van der Waals surface area contributed by atoms with Gasteiger partial charge >= 0.3 is 6.18 Å². The van der Waals surface area contributed by atoms with Gasteiger partial charge < -0.3 is 5.32 Å². The first-order chi connectivity index (χ1) is 13.1. The fourth-order valence-electron chi connectivity index (χ4n) is 2.75. The lowest BCUT2D eigenvalue weighted by Crippen LogP contribution is -2.22. The van der Waals surface area contributed by atoms with Crippen LogP contribution in [-0.2, 0) is 11.7 Å². The number of nitro benzene ring substituents is 2. The summed E-state index contributed by atoms with van der Waals surface area (Å²) in [5, 5.41) is 29.7. The minimum atomic E-state index is -4.97. The molecule has 0 saturated heterocycles. The van der Waals surface area contributed by atoms with Crippen molar-refractivity contribution in [1.29, 1.82) is 0 Å². The van der Waals surface area contributed by atoms with Crippen molar-refractivity contribution in [2.75, 3.05) is 5.32 Å². The van der Waals surface area contributed by atoms with E-state index < -0.39 is 44.7 Å². The number of alkyl halides is 3. The van der Waals surface area contributed by atoms with Crippen LogP contribution in [0.2, 0.25) is 0 Å². The molecular weight excluding hydrogens is 395 g/mol. The predicted molar refractivity (Wildman–Crippen MR) is 98.8 cm³/mol. The first-order valence-electron chi connectivity index (χ1n) is 8.50. The Balaban J connectivity index is 2.58. The smallest absolute Gasteiger partial charge is 0.367 e.